The molecule has 1 N–H and O–H groups in total. The van der Waals surface area contributed by atoms with Crippen LogP contribution in [0.5, 0.6) is 0 Å². The maximum atomic E-state index is 12.6. The molecule has 1 aliphatic rings. The fourth-order valence-electron chi connectivity index (χ4n) is 3.19. The van der Waals surface area contributed by atoms with Gasteiger partial charge in [0.2, 0.25) is 0 Å². The number of amides is 2. The highest BCUT2D eigenvalue weighted by atomic mass is 16.5. The number of aromatic nitrogens is 2. The first kappa shape index (κ1) is 17.5. The van der Waals surface area contributed by atoms with Gasteiger partial charge < -0.3 is 9.64 Å². The van der Waals surface area contributed by atoms with Crippen molar-refractivity contribution >= 4 is 11.8 Å². The van der Waals surface area contributed by atoms with Gasteiger partial charge in [0.25, 0.3) is 0 Å². The first-order chi connectivity index (χ1) is 12.0. The molecule has 1 aromatic carbocycles. The molecule has 6 nitrogen and oxygen atoms in total. The van der Waals surface area contributed by atoms with Crippen LogP contribution in [0.4, 0.5) is 10.6 Å². The second-order valence-electron chi connectivity index (χ2n) is 6.74. The van der Waals surface area contributed by atoms with E-state index in [1.54, 1.807) is 16.6 Å². The first-order valence-corrected chi connectivity index (χ1v) is 8.68. The molecular formula is C19H26N4O2. The molecule has 2 heterocycles. The van der Waals surface area contributed by atoms with Crippen molar-refractivity contribution in [2.45, 2.75) is 39.3 Å². The largest absolute Gasteiger partial charge is 0.372 e. The Balaban J connectivity index is 1.67. The fraction of sp³-hybridized carbons (Fsp3) is 0.474. The second-order valence-corrected chi connectivity index (χ2v) is 6.74. The zero-order valence-corrected chi connectivity index (χ0v) is 15.4. The molecule has 0 spiro atoms. The van der Waals surface area contributed by atoms with E-state index >= 15 is 0 Å². The Morgan fingerprint density at radius 1 is 1.40 bits per heavy atom. The van der Waals surface area contributed by atoms with Crippen molar-refractivity contribution in [3.63, 3.8) is 0 Å². The van der Waals surface area contributed by atoms with Crippen LogP contribution in [0, 0.1) is 13.8 Å². The van der Waals surface area contributed by atoms with E-state index in [0.29, 0.717) is 12.4 Å². The minimum absolute atomic E-state index is 0.0456. The summed E-state index contributed by atoms with van der Waals surface area (Å²) < 4.78 is 7.36. The highest BCUT2D eigenvalue weighted by molar-refractivity contribution is 5.88. The SMILES string of the molecule is Cc1cccc(C)c1CN(C)C(=O)Nc1cc(C2CCCO2)nn1C. The van der Waals surface area contributed by atoms with Gasteiger partial charge in [-0.2, -0.15) is 5.10 Å². The maximum absolute atomic E-state index is 12.6. The molecule has 1 atom stereocenters. The molecule has 0 bridgehead atoms. The van der Waals surface area contributed by atoms with Gasteiger partial charge in [0.1, 0.15) is 11.9 Å². The van der Waals surface area contributed by atoms with Crippen LogP contribution in [-0.4, -0.2) is 34.4 Å². The van der Waals surface area contributed by atoms with Crippen molar-refractivity contribution < 1.29 is 9.53 Å². The number of carbonyl (C=O) groups is 1. The number of ether oxygens (including phenoxy) is 1. The predicted molar refractivity (Wildman–Crippen MR) is 97.5 cm³/mol. The monoisotopic (exact) mass is 342 g/mol. The molecule has 6 heteroatoms. The van der Waals surface area contributed by atoms with Gasteiger partial charge >= 0.3 is 6.03 Å². The van der Waals surface area contributed by atoms with Gasteiger partial charge in [-0.3, -0.25) is 10.00 Å². The molecule has 2 aromatic rings. The highest BCUT2D eigenvalue weighted by Gasteiger charge is 2.22. The molecule has 0 saturated carbocycles. The number of nitrogens with zero attached hydrogens (tertiary/aromatic N) is 3. The Bertz CT molecular complexity index is 743. The summed E-state index contributed by atoms with van der Waals surface area (Å²) in [5, 5.41) is 7.42. The molecule has 134 valence electrons. The van der Waals surface area contributed by atoms with Crippen molar-refractivity contribution in [2.24, 2.45) is 7.05 Å². The van der Waals surface area contributed by atoms with Gasteiger partial charge in [-0.1, -0.05) is 18.2 Å². The van der Waals surface area contributed by atoms with Crippen molar-refractivity contribution in [2.75, 3.05) is 19.0 Å². The lowest BCUT2D eigenvalue weighted by molar-refractivity contribution is 0.108. The summed E-state index contributed by atoms with van der Waals surface area (Å²) in [6.07, 6.45) is 2.09. The standard InChI is InChI=1S/C19H26N4O2/c1-13-7-5-8-14(2)15(13)12-22(3)19(24)20-18-11-16(21-23(18)4)17-9-6-10-25-17/h5,7-8,11,17H,6,9-10,12H2,1-4H3,(H,20,24). The molecule has 2 amide bonds. The van der Waals surface area contributed by atoms with Gasteiger partial charge in [-0.05, 0) is 43.4 Å². The maximum Gasteiger partial charge on any atom is 0.323 e. The Morgan fingerprint density at radius 2 is 2.12 bits per heavy atom. The van der Waals surface area contributed by atoms with E-state index in [1.165, 1.54) is 16.7 Å². The number of rotatable bonds is 4. The molecule has 3 rings (SSSR count). The number of carbonyl (C=O) groups excluding carboxylic acids is 1. The third-order valence-electron chi connectivity index (χ3n) is 4.78. The summed E-state index contributed by atoms with van der Waals surface area (Å²) in [6, 6.07) is 7.94. The van der Waals surface area contributed by atoms with Crippen LogP contribution in [0.15, 0.2) is 24.3 Å². The molecule has 1 aromatic heterocycles. The smallest absolute Gasteiger partial charge is 0.323 e. The molecule has 1 saturated heterocycles. The zero-order valence-electron chi connectivity index (χ0n) is 15.4. The number of aryl methyl sites for hydroxylation is 3. The predicted octanol–water partition coefficient (Wildman–Crippen LogP) is 3.55. The zero-order chi connectivity index (χ0) is 18.0. The number of anilines is 1. The van der Waals surface area contributed by atoms with E-state index in [9.17, 15) is 4.79 Å². The van der Waals surface area contributed by atoms with Crippen LogP contribution in [0.2, 0.25) is 0 Å². The molecule has 0 aliphatic carbocycles. The average molecular weight is 342 g/mol. The summed E-state index contributed by atoms with van der Waals surface area (Å²) in [5.74, 6) is 0.684. The Labute approximate surface area is 148 Å². The van der Waals surface area contributed by atoms with Gasteiger partial charge in [0.15, 0.2) is 0 Å². The van der Waals surface area contributed by atoms with Gasteiger partial charge in [0.05, 0.1) is 5.69 Å². The third-order valence-corrected chi connectivity index (χ3v) is 4.78. The molecular weight excluding hydrogens is 316 g/mol. The summed E-state index contributed by atoms with van der Waals surface area (Å²) in [4.78, 5) is 14.3. The average Bonchev–Trinajstić information content (AvgIpc) is 3.21. The number of urea groups is 1. The molecule has 0 radical (unpaired) electrons. The van der Waals surface area contributed by atoms with E-state index in [2.05, 4.69) is 36.4 Å². The van der Waals surface area contributed by atoms with Crippen LogP contribution in [0.25, 0.3) is 0 Å². The van der Waals surface area contributed by atoms with Crippen molar-refractivity contribution in [1.29, 1.82) is 0 Å². The van der Waals surface area contributed by atoms with Crippen LogP contribution >= 0.6 is 0 Å². The topological polar surface area (TPSA) is 59.4 Å². The molecule has 25 heavy (non-hydrogen) atoms. The van der Waals surface area contributed by atoms with Crippen LogP contribution in [-0.2, 0) is 18.3 Å². The Kier molecular flexibility index (Phi) is 5.08. The lowest BCUT2D eigenvalue weighted by Crippen LogP contribution is -2.32. The molecule has 1 unspecified atom stereocenters. The lowest BCUT2D eigenvalue weighted by Gasteiger charge is -2.20. The van der Waals surface area contributed by atoms with Gasteiger partial charge in [-0.25, -0.2) is 4.79 Å². The van der Waals surface area contributed by atoms with Gasteiger partial charge in [0, 0.05) is 33.3 Å². The summed E-state index contributed by atoms with van der Waals surface area (Å²) in [6.45, 7) is 5.49. The Morgan fingerprint density at radius 3 is 2.76 bits per heavy atom. The number of benzene rings is 1. The van der Waals surface area contributed by atoms with E-state index in [0.717, 1.165) is 25.1 Å². The third kappa shape index (κ3) is 3.85. The first-order valence-electron chi connectivity index (χ1n) is 8.68. The lowest BCUT2D eigenvalue weighted by atomic mass is 10.0. The molecule has 1 fully saturated rings. The normalized spacial score (nSPS) is 16.9. The quantitative estimate of drug-likeness (QED) is 0.924. The minimum Gasteiger partial charge on any atom is -0.372 e. The van der Waals surface area contributed by atoms with Crippen molar-refractivity contribution in [1.82, 2.24) is 14.7 Å². The minimum atomic E-state index is -0.149. The fourth-order valence-corrected chi connectivity index (χ4v) is 3.19. The van der Waals surface area contributed by atoms with Crippen molar-refractivity contribution in [3.8, 4) is 0 Å². The van der Waals surface area contributed by atoms with Crippen LogP contribution < -0.4 is 5.32 Å². The number of hydrogen-bond donors (Lipinski definition) is 1. The van der Waals surface area contributed by atoms with E-state index < -0.39 is 0 Å². The summed E-state index contributed by atoms with van der Waals surface area (Å²) >= 11 is 0. The number of hydrogen-bond acceptors (Lipinski definition) is 3. The Hall–Kier alpha value is -2.34. The van der Waals surface area contributed by atoms with Gasteiger partial charge in [-0.15, -0.1) is 0 Å². The van der Waals surface area contributed by atoms with E-state index in [1.807, 2.05) is 19.2 Å². The molecule has 1 aliphatic heterocycles. The second kappa shape index (κ2) is 7.27. The van der Waals surface area contributed by atoms with E-state index in [4.69, 9.17) is 4.74 Å². The van der Waals surface area contributed by atoms with E-state index in [-0.39, 0.29) is 12.1 Å². The van der Waals surface area contributed by atoms with Crippen molar-refractivity contribution in [3.05, 3.63) is 46.6 Å². The summed E-state index contributed by atoms with van der Waals surface area (Å²) in [7, 11) is 3.64. The van der Waals surface area contributed by atoms with Crippen LogP contribution in [0.3, 0.4) is 0 Å². The highest BCUT2D eigenvalue weighted by Crippen LogP contribution is 2.29. The number of nitrogens with one attached hydrogen (secondary N) is 1. The van der Waals surface area contributed by atoms with Crippen LogP contribution in [0.1, 0.15) is 41.3 Å². The summed E-state index contributed by atoms with van der Waals surface area (Å²) in [5.41, 5.74) is 4.46.